The number of aromatic hydroxyl groups is 1. The van der Waals surface area contributed by atoms with E-state index in [1.54, 1.807) is 31.0 Å². The van der Waals surface area contributed by atoms with Crippen molar-refractivity contribution in [2.45, 2.75) is 26.3 Å². The van der Waals surface area contributed by atoms with E-state index in [9.17, 15) is 9.50 Å². The van der Waals surface area contributed by atoms with E-state index < -0.39 is 5.82 Å². The Morgan fingerprint density at radius 1 is 1.39 bits per heavy atom. The number of nitrogens with two attached hydrogens (primary N) is 1. The van der Waals surface area contributed by atoms with Gasteiger partial charge in [0.15, 0.2) is 17.5 Å². The second kappa shape index (κ2) is 7.10. The Balaban J connectivity index is 2.49. The van der Waals surface area contributed by atoms with E-state index in [4.69, 9.17) is 17.3 Å². The van der Waals surface area contributed by atoms with Gasteiger partial charge in [0.05, 0.1) is 11.3 Å². The molecule has 2 aromatic rings. The van der Waals surface area contributed by atoms with Gasteiger partial charge in [-0.25, -0.2) is 14.4 Å². The van der Waals surface area contributed by atoms with E-state index in [0.717, 1.165) is 6.42 Å². The van der Waals surface area contributed by atoms with Gasteiger partial charge in [-0.1, -0.05) is 18.5 Å². The SMILES string of the molecule is CCC(N)CN(C)c1nc(-c2cc(Cl)ccc2O)nc(C)c1F. The largest absolute Gasteiger partial charge is 0.507 e. The van der Waals surface area contributed by atoms with Gasteiger partial charge < -0.3 is 15.7 Å². The number of benzene rings is 1. The number of aromatic nitrogens is 2. The normalized spacial score (nSPS) is 12.3. The first-order valence-electron chi connectivity index (χ1n) is 7.33. The molecule has 0 aliphatic heterocycles. The molecule has 1 aromatic carbocycles. The maximum Gasteiger partial charge on any atom is 0.186 e. The Kier molecular flexibility index (Phi) is 5.38. The lowest BCUT2D eigenvalue weighted by Crippen LogP contribution is -2.35. The van der Waals surface area contributed by atoms with E-state index >= 15 is 0 Å². The number of hydrogen-bond donors (Lipinski definition) is 2. The molecule has 23 heavy (non-hydrogen) atoms. The number of aryl methyl sites for hydroxylation is 1. The third kappa shape index (κ3) is 3.89. The standard InChI is InChI=1S/C16H20ClFN4O/c1-4-11(19)8-22(3)16-14(18)9(2)20-15(21-16)12-7-10(17)5-6-13(12)23/h5-7,11,23H,4,8,19H2,1-3H3. The summed E-state index contributed by atoms with van der Waals surface area (Å²) in [5, 5.41) is 10.4. The molecule has 0 amide bonds. The van der Waals surface area contributed by atoms with E-state index in [1.165, 1.54) is 6.07 Å². The minimum absolute atomic E-state index is 0.0146. The molecule has 0 saturated heterocycles. The Hall–Kier alpha value is -1.92. The highest BCUT2D eigenvalue weighted by Gasteiger charge is 2.19. The molecule has 1 aromatic heterocycles. The van der Waals surface area contributed by atoms with Crippen molar-refractivity contribution in [3.63, 3.8) is 0 Å². The number of rotatable bonds is 5. The zero-order valence-corrected chi connectivity index (χ0v) is 14.1. The highest BCUT2D eigenvalue weighted by molar-refractivity contribution is 6.30. The molecular formula is C16H20ClFN4O. The van der Waals surface area contributed by atoms with Crippen LogP contribution in [0.5, 0.6) is 5.75 Å². The van der Waals surface area contributed by atoms with E-state index in [-0.39, 0.29) is 29.1 Å². The molecule has 1 heterocycles. The Morgan fingerprint density at radius 2 is 2.09 bits per heavy atom. The predicted molar refractivity (Wildman–Crippen MR) is 90.4 cm³/mol. The molecule has 2 rings (SSSR count). The molecule has 1 unspecified atom stereocenters. The summed E-state index contributed by atoms with van der Waals surface area (Å²) in [7, 11) is 1.72. The Bertz CT molecular complexity index is 711. The molecule has 0 spiro atoms. The van der Waals surface area contributed by atoms with E-state index in [2.05, 4.69) is 9.97 Å². The van der Waals surface area contributed by atoms with Crippen LogP contribution in [-0.4, -0.2) is 34.7 Å². The lowest BCUT2D eigenvalue weighted by Gasteiger charge is -2.23. The van der Waals surface area contributed by atoms with Crippen molar-refractivity contribution in [2.75, 3.05) is 18.5 Å². The van der Waals surface area contributed by atoms with E-state index in [1.807, 2.05) is 6.92 Å². The summed E-state index contributed by atoms with van der Waals surface area (Å²) in [6, 6.07) is 4.48. The minimum Gasteiger partial charge on any atom is -0.507 e. The number of phenolic OH excluding ortho intramolecular Hbond substituents is 1. The molecular weight excluding hydrogens is 319 g/mol. The third-order valence-corrected chi connectivity index (χ3v) is 3.83. The highest BCUT2D eigenvalue weighted by Crippen LogP contribution is 2.31. The van der Waals surface area contributed by atoms with Crippen LogP contribution in [0.25, 0.3) is 11.4 Å². The molecule has 0 bridgehead atoms. The molecule has 124 valence electrons. The van der Waals surface area contributed by atoms with Gasteiger partial charge in [-0.2, -0.15) is 0 Å². The summed E-state index contributed by atoms with van der Waals surface area (Å²) < 4.78 is 14.4. The lowest BCUT2D eigenvalue weighted by molar-refractivity contribution is 0.476. The average molecular weight is 339 g/mol. The summed E-state index contributed by atoms with van der Waals surface area (Å²) in [6.07, 6.45) is 0.776. The number of halogens is 2. The molecule has 0 fully saturated rings. The van der Waals surface area contributed by atoms with Crippen LogP contribution in [0.4, 0.5) is 10.2 Å². The van der Waals surface area contributed by atoms with Gasteiger partial charge in [0.25, 0.3) is 0 Å². The fourth-order valence-corrected chi connectivity index (χ4v) is 2.34. The number of phenols is 1. The number of nitrogens with zero attached hydrogens (tertiary/aromatic N) is 3. The van der Waals surface area contributed by atoms with Crippen molar-refractivity contribution in [1.82, 2.24) is 9.97 Å². The average Bonchev–Trinajstić information content (AvgIpc) is 2.51. The van der Waals surface area contributed by atoms with Gasteiger partial charge >= 0.3 is 0 Å². The van der Waals surface area contributed by atoms with Crippen molar-refractivity contribution in [3.8, 4) is 17.1 Å². The third-order valence-electron chi connectivity index (χ3n) is 3.59. The first-order chi connectivity index (χ1) is 10.8. The summed E-state index contributed by atoms with van der Waals surface area (Å²) in [6.45, 7) is 3.99. The van der Waals surface area contributed by atoms with Crippen LogP contribution in [0.2, 0.25) is 5.02 Å². The van der Waals surface area contributed by atoms with Crippen molar-refractivity contribution >= 4 is 17.4 Å². The summed E-state index contributed by atoms with van der Waals surface area (Å²) >= 11 is 5.96. The van der Waals surface area contributed by atoms with Gasteiger partial charge in [0, 0.05) is 24.7 Å². The fraction of sp³-hybridized carbons (Fsp3) is 0.375. The predicted octanol–water partition coefficient (Wildman–Crippen LogP) is 3.12. The van der Waals surface area contributed by atoms with Gasteiger partial charge in [0.1, 0.15) is 5.75 Å². The summed E-state index contributed by atoms with van der Waals surface area (Å²) in [5.41, 5.74) is 6.48. The monoisotopic (exact) mass is 338 g/mol. The topological polar surface area (TPSA) is 75.3 Å². The van der Waals surface area contributed by atoms with E-state index in [0.29, 0.717) is 17.1 Å². The smallest absolute Gasteiger partial charge is 0.186 e. The zero-order chi connectivity index (χ0) is 17.1. The van der Waals surface area contributed by atoms with Crippen molar-refractivity contribution in [2.24, 2.45) is 5.73 Å². The first kappa shape index (κ1) is 17.4. The van der Waals surface area contributed by atoms with Gasteiger partial charge in [-0.05, 0) is 31.5 Å². The summed E-state index contributed by atoms with van der Waals surface area (Å²) in [5.74, 6) is -0.146. The van der Waals surface area contributed by atoms with Crippen LogP contribution in [0.15, 0.2) is 18.2 Å². The maximum atomic E-state index is 14.4. The minimum atomic E-state index is -0.499. The van der Waals surface area contributed by atoms with Crippen LogP contribution in [0.3, 0.4) is 0 Å². The zero-order valence-electron chi connectivity index (χ0n) is 13.3. The fourth-order valence-electron chi connectivity index (χ4n) is 2.17. The Labute approximate surface area is 139 Å². The summed E-state index contributed by atoms with van der Waals surface area (Å²) in [4.78, 5) is 10.0. The van der Waals surface area contributed by atoms with Crippen LogP contribution in [-0.2, 0) is 0 Å². The van der Waals surface area contributed by atoms with Gasteiger partial charge in [-0.15, -0.1) is 0 Å². The quantitative estimate of drug-likeness (QED) is 0.876. The molecule has 0 aliphatic carbocycles. The highest BCUT2D eigenvalue weighted by atomic mass is 35.5. The Morgan fingerprint density at radius 3 is 2.74 bits per heavy atom. The molecule has 0 radical (unpaired) electrons. The van der Waals surface area contributed by atoms with Crippen molar-refractivity contribution in [1.29, 1.82) is 0 Å². The molecule has 5 nitrogen and oxygen atoms in total. The molecule has 0 aliphatic rings. The number of anilines is 1. The first-order valence-corrected chi connectivity index (χ1v) is 7.71. The van der Waals surface area contributed by atoms with Crippen LogP contribution in [0, 0.1) is 12.7 Å². The van der Waals surface area contributed by atoms with Gasteiger partial charge in [0.2, 0.25) is 0 Å². The van der Waals surface area contributed by atoms with Crippen molar-refractivity contribution in [3.05, 3.63) is 34.7 Å². The second-order valence-electron chi connectivity index (χ2n) is 5.48. The number of likely N-dealkylation sites (N-methyl/N-ethyl adjacent to an activating group) is 1. The molecule has 0 saturated carbocycles. The van der Waals surface area contributed by atoms with Gasteiger partial charge in [-0.3, -0.25) is 0 Å². The van der Waals surface area contributed by atoms with Crippen LogP contribution in [0.1, 0.15) is 19.0 Å². The number of hydrogen-bond acceptors (Lipinski definition) is 5. The molecule has 1 atom stereocenters. The van der Waals surface area contributed by atoms with Crippen molar-refractivity contribution < 1.29 is 9.50 Å². The lowest BCUT2D eigenvalue weighted by atomic mass is 10.1. The second-order valence-corrected chi connectivity index (χ2v) is 5.92. The molecule has 7 heteroatoms. The molecule has 3 N–H and O–H groups in total. The van der Waals surface area contributed by atoms with Crippen LogP contribution < -0.4 is 10.6 Å². The maximum absolute atomic E-state index is 14.4. The van der Waals surface area contributed by atoms with Crippen LogP contribution >= 0.6 is 11.6 Å².